The fraction of sp³-hybridized carbons (Fsp3) is 0.333. The van der Waals surface area contributed by atoms with Gasteiger partial charge in [-0.3, -0.25) is 0 Å². The summed E-state index contributed by atoms with van der Waals surface area (Å²) in [6.07, 6.45) is 2.55. The van der Waals surface area contributed by atoms with Crippen molar-refractivity contribution in [3.8, 4) is 0 Å². The van der Waals surface area contributed by atoms with Crippen molar-refractivity contribution in [2.45, 2.75) is 26.3 Å². The Kier molecular flexibility index (Phi) is 2.32. The van der Waals surface area contributed by atoms with Crippen LogP contribution in [0, 0.1) is 0 Å². The van der Waals surface area contributed by atoms with Crippen molar-refractivity contribution in [2.75, 3.05) is 11.4 Å². The summed E-state index contributed by atoms with van der Waals surface area (Å²) in [6.45, 7) is 4.53. The molecule has 0 saturated heterocycles. The fourth-order valence-corrected chi connectivity index (χ4v) is 2.63. The summed E-state index contributed by atoms with van der Waals surface area (Å²) in [5.41, 5.74) is 2.92. The third-order valence-electron chi connectivity index (χ3n) is 3.45. The number of anilines is 1. The lowest BCUT2D eigenvalue weighted by molar-refractivity contribution is 0.729. The van der Waals surface area contributed by atoms with Gasteiger partial charge in [0.25, 0.3) is 0 Å². The minimum atomic E-state index is 1.09. The van der Waals surface area contributed by atoms with Crippen LogP contribution in [-0.4, -0.2) is 6.54 Å². The molecule has 0 aromatic heterocycles. The van der Waals surface area contributed by atoms with Crippen molar-refractivity contribution in [3.63, 3.8) is 0 Å². The second-order valence-electron chi connectivity index (χ2n) is 4.57. The predicted octanol–water partition coefficient (Wildman–Crippen LogP) is 3.96. The van der Waals surface area contributed by atoms with Gasteiger partial charge in [0.15, 0.2) is 0 Å². The monoisotopic (exact) mass is 211 g/mol. The molecule has 0 N–H and O–H groups in total. The molecule has 0 aliphatic carbocycles. The van der Waals surface area contributed by atoms with Crippen molar-refractivity contribution < 1.29 is 0 Å². The molecule has 0 saturated carbocycles. The molecule has 16 heavy (non-hydrogen) atoms. The van der Waals surface area contributed by atoms with E-state index >= 15 is 0 Å². The molecule has 1 heterocycles. The van der Waals surface area contributed by atoms with Gasteiger partial charge in [0.1, 0.15) is 0 Å². The topological polar surface area (TPSA) is 3.24 Å². The Hall–Kier alpha value is -1.50. The van der Waals surface area contributed by atoms with Gasteiger partial charge in [0.05, 0.1) is 0 Å². The molecular formula is C15H17N. The number of benzene rings is 2. The van der Waals surface area contributed by atoms with Crippen LogP contribution in [0.15, 0.2) is 36.4 Å². The van der Waals surface area contributed by atoms with E-state index in [0.717, 1.165) is 6.54 Å². The number of rotatable bonds is 3. The zero-order valence-electron chi connectivity index (χ0n) is 9.74. The molecule has 0 amide bonds. The highest BCUT2D eigenvalue weighted by Gasteiger charge is 2.19. The molecule has 0 bridgehead atoms. The number of nitrogens with zero attached hydrogens (tertiary/aromatic N) is 1. The van der Waals surface area contributed by atoms with Gasteiger partial charge in [-0.2, -0.15) is 0 Å². The molecule has 0 atom stereocenters. The van der Waals surface area contributed by atoms with Crippen LogP contribution < -0.4 is 4.90 Å². The molecule has 0 unspecified atom stereocenters. The van der Waals surface area contributed by atoms with Crippen LogP contribution in [-0.2, 0) is 6.54 Å². The van der Waals surface area contributed by atoms with Gasteiger partial charge in [0, 0.05) is 24.2 Å². The second kappa shape index (κ2) is 3.82. The van der Waals surface area contributed by atoms with Gasteiger partial charge in [0.2, 0.25) is 0 Å². The predicted molar refractivity (Wildman–Crippen MR) is 69.9 cm³/mol. The van der Waals surface area contributed by atoms with Crippen LogP contribution in [0.5, 0.6) is 0 Å². The molecule has 0 fully saturated rings. The first kappa shape index (κ1) is 9.71. The molecule has 1 aliphatic rings. The number of unbranched alkanes of at least 4 members (excludes halogenated alkanes) is 1. The quantitative estimate of drug-likeness (QED) is 0.742. The lowest BCUT2D eigenvalue weighted by Gasteiger charge is -2.18. The van der Waals surface area contributed by atoms with Crippen LogP contribution in [0.25, 0.3) is 10.8 Å². The smallest absolute Gasteiger partial charge is 0.0452 e. The second-order valence-corrected chi connectivity index (χ2v) is 4.57. The fourth-order valence-electron chi connectivity index (χ4n) is 2.63. The molecule has 3 rings (SSSR count). The molecule has 1 heteroatoms. The molecule has 0 radical (unpaired) electrons. The first-order chi connectivity index (χ1) is 7.90. The maximum absolute atomic E-state index is 2.52. The molecule has 2 aromatic carbocycles. The Labute approximate surface area is 96.7 Å². The first-order valence-electron chi connectivity index (χ1n) is 6.15. The third-order valence-corrected chi connectivity index (χ3v) is 3.45. The van der Waals surface area contributed by atoms with E-state index in [0.29, 0.717) is 0 Å². The third kappa shape index (κ3) is 1.39. The summed E-state index contributed by atoms with van der Waals surface area (Å²) >= 11 is 0. The average Bonchev–Trinajstić information content (AvgIpc) is 2.68. The summed E-state index contributed by atoms with van der Waals surface area (Å²) in [7, 11) is 0. The Balaban J connectivity index is 2.07. The maximum atomic E-state index is 2.52. The van der Waals surface area contributed by atoms with Crippen LogP contribution in [0.4, 0.5) is 5.69 Å². The normalized spacial score (nSPS) is 13.7. The van der Waals surface area contributed by atoms with Crippen LogP contribution in [0.1, 0.15) is 25.3 Å². The van der Waals surface area contributed by atoms with Crippen molar-refractivity contribution in [2.24, 2.45) is 0 Å². The maximum Gasteiger partial charge on any atom is 0.0452 e. The van der Waals surface area contributed by atoms with Gasteiger partial charge in [-0.25, -0.2) is 0 Å². The molecule has 0 spiro atoms. The highest BCUT2D eigenvalue weighted by atomic mass is 15.1. The first-order valence-corrected chi connectivity index (χ1v) is 6.15. The SMILES string of the molecule is CCCCN1Cc2cccc3cccc1c23. The summed E-state index contributed by atoms with van der Waals surface area (Å²) in [5, 5.41) is 2.86. The Morgan fingerprint density at radius 3 is 2.75 bits per heavy atom. The Morgan fingerprint density at radius 1 is 1.12 bits per heavy atom. The van der Waals surface area contributed by atoms with E-state index in [9.17, 15) is 0 Å². The van der Waals surface area contributed by atoms with Crippen LogP contribution in [0.2, 0.25) is 0 Å². The van der Waals surface area contributed by atoms with Crippen LogP contribution >= 0.6 is 0 Å². The minimum Gasteiger partial charge on any atom is -0.367 e. The summed E-state index contributed by atoms with van der Waals surface area (Å²) < 4.78 is 0. The van der Waals surface area contributed by atoms with E-state index in [1.807, 2.05) is 0 Å². The van der Waals surface area contributed by atoms with Gasteiger partial charge in [-0.1, -0.05) is 43.7 Å². The molecule has 1 nitrogen and oxygen atoms in total. The zero-order chi connectivity index (χ0) is 11.0. The lowest BCUT2D eigenvalue weighted by Crippen LogP contribution is -2.19. The minimum absolute atomic E-state index is 1.09. The summed E-state index contributed by atoms with van der Waals surface area (Å²) in [5.74, 6) is 0. The molecule has 82 valence electrons. The lowest BCUT2D eigenvalue weighted by atomic mass is 10.1. The van der Waals surface area contributed by atoms with Crippen molar-refractivity contribution >= 4 is 16.5 Å². The van der Waals surface area contributed by atoms with Crippen molar-refractivity contribution in [1.82, 2.24) is 0 Å². The number of hydrogen-bond acceptors (Lipinski definition) is 1. The summed E-state index contributed by atoms with van der Waals surface area (Å²) in [4.78, 5) is 2.52. The Bertz CT molecular complexity index is 511. The summed E-state index contributed by atoms with van der Waals surface area (Å²) in [6, 6.07) is 13.3. The standard InChI is InChI=1S/C15H17N/c1-2-3-10-16-11-13-8-4-6-12-7-5-9-14(16)15(12)13/h4-9H,2-3,10-11H2,1H3. The van der Waals surface area contributed by atoms with E-state index in [2.05, 4.69) is 48.2 Å². The highest BCUT2D eigenvalue weighted by Crippen LogP contribution is 2.37. The van der Waals surface area contributed by atoms with Gasteiger partial charge in [-0.15, -0.1) is 0 Å². The molecule has 1 aliphatic heterocycles. The van der Waals surface area contributed by atoms with E-state index in [1.54, 1.807) is 0 Å². The van der Waals surface area contributed by atoms with Crippen LogP contribution in [0.3, 0.4) is 0 Å². The zero-order valence-corrected chi connectivity index (χ0v) is 9.74. The van der Waals surface area contributed by atoms with Gasteiger partial charge < -0.3 is 4.90 Å². The molecule has 2 aromatic rings. The van der Waals surface area contributed by atoms with Gasteiger partial charge in [-0.05, 0) is 23.4 Å². The largest absolute Gasteiger partial charge is 0.367 e. The van der Waals surface area contributed by atoms with E-state index < -0.39 is 0 Å². The molecular weight excluding hydrogens is 194 g/mol. The van der Waals surface area contributed by atoms with Crippen molar-refractivity contribution in [3.05, 3.63) is 42.0 Å². The Morgan fingerprint density at radius 2 is 1.94 bits per heavy atom. The van der Waals surface area contributed by atoms with E-state index in [1.165, 1.54) is 41.4 Å². The number of hydrogen-bond donors (Lipinski definition) is 0. The van der Waals surface area contributed by atoms with Crippen molar-refractivity contribution in [1.29, 1.82) is 0 Å². The highest BCUT2D eigenvalue weighted by molar-refractivity contribution is 5.99. The van der Waals surface area contributed by atoms with E-state index in [4.69, 9.17) is 0 Å². The van der Waals surface area contributed by atoms with Gasteiger partial charge >= 0.3 is 0 Å². The van der Waals surface area contributed by atoms with E-state index in [-0.39, 0.29) is 0 Å². The average molecular weight is 211 g/mol.